The molecule has 26 heavy (non-hydrogen) atoms. The van der Waals surface area contributed by atoms with Crippen LogP contribution in [0.25, 0.3) is 0 Å². The zero-order valence-corrected chi connectivity index (χ0v) is 14.0. The maximum atomic E-state index is 11.4. The standard InChI is InChI=1S/C14H25NO11/c1-4(18)15-7-12(9(20)6(3-17)24-13(7)23)26-14-11(22)10(21)8(19)5(2-16)25-14/h5-14,16-17,19-23H,2-3H2,1H3,(H,15,18)/t5?,6?,7-,8-,9-,10-,11+,12?,13+,14-/m0/s1. The molecule has 152 valence electrons. The lowest BCUT2D eigenvalue weighted by Gasteiger charge is -2.46. The summed E-state index contributed by atoms with van der Waals surface area (Å²) in [5, 5.41) is 70.7. The fourth-order valence-corrected chi connectivity index (χ4v) is 2.97. The summed E-state index contributed by atoms with van der Waals surface area (Å²) >= 11 is 0. The van der Waals surface area contributed by atoms with E-state index in [0.717, 1.165) is 6.92 Å². The molecule has 10 atom stereocenters. The van der Waals surface area contributed by atoms with Crippen LogP contribution in [-0.2, 0) is 19.0 Å². The first kappa shape index (κ1) is 21.4. The maximum absolute atomic E-state index is 11.4. The summed E-state index contributed by atoms with van der Waals surface area (Å²) < 4.78 is 15.7. The van der Waals surface area contributed by atoms with E-state index in [-0.39, 0.29) is 0 Å². The van der Waals surface area contributed by atoms with Gasteiger partial charge in [0, 0.05) is 6.92 Å². The van der Waals surface area contributed by atoms with Crippen LogP contribution in [0.4, 0.5) is 0 Å². The molecule has 2 saturated heterocycles. The molecule has 2 aliphatic rings. The van der Waals surface area contributed by atoms with E-state index in [4.69, 9.17) is 14.2 Å². The second-order valence-electron chi connectivity index (χ2n) is 6.26. The van der Waals surface area contributed by atoms with Gasteiger partial charge in [0.2, 0.25) is 5.91 Å². The minimum Gasteiger partial charge on any atom is -0.394 e. The monoisotopic (exact) mass is 383 g/mol. The van der Waals surface area contributed by atoms with Crippen molar-refractivity contribution in [1.29, 1.82) is 0 Å². The quantitative estimate of drug-likeness (QED) is 0.226. The van der Waals surface area contributed by atoms with Gasteiger partial charge in [-0.15, -0.1) is 0 Å². The van der Waals surface area contributed by atoms with E-state index in [1.165, 1.54) is 0 Å². The Labute approximate surface area is 148 Å². The van der Waals surface area contributed by atoms with Gasteiger partial charge in [-0.2, -0.15) is 0 Å². The molecule has 1 amide bonds. The van der Waals surface area contributed by atoms with Gasteiger partial charge >= 0.3 is 0 Å². The van der Waals surface area contributed by atoms with Crippen LogP contribution in [0.15, 0.2) is 0 Å². The van der Waals surface area contributed by atoms with E-state index in [9.17, 15) is 40.5 Å². The zero-order chi connectivity index (χ0) is 19.6. The highest BCUT2D eigenvalue weighted by Crippen LogP contribution is 2.28. The van der Waals surface area contributed by atoms with Crippen molar-refractivity contribution in [3.8, 4) is 0 Å². The molecule has 0 aromatic heterocycles. The van der Waals surface area contributed by atoms with Crippen LogP contribution in [-0.4, -0.2) is 116 Å². The Morgan fingerprint density at radius 1 is 0.923 bits per heavy atom. The van der Waals surface area contributed by atoms with Crippen molar-refractivity contribution in [3.63, 3.8) is 0 Å². The number of amides is 1. The third kappa shape index (κ3) is 4.31. The number of hydrogen-bond donors (Lipinski definition) is 8. The third-order valence-corrected chi connectivity index (χ3v) is 4.38. The molecule has 0 spiro atoms. The van der Waals surface area contributed by atoms with Gasteiger partial charge in [0.05, 0.1) is 13.2 Å². The van der Waals surface area contributed by atoms with Crippen LogP contribution >= 0.6 is 0 Å². The lowest BCUT2D eigenvalue weighted by molar-refractivity contribution is -0.341. The van der Waals surface area contributed by atoms with E-state index in [0.29, 0.717) is 0 Å². The van der Waals surface area contributed by atoms with Gasteiger partial charge in [0.25, 0.3) is 0 Å². The summed E-state index contributed by atoms with van der Waals surface area (Å²) in [6, 6.07) is -1.28. The highest BCUT2D eigenvalue weighted by molar-refractivity contribution is 5.73. The van der Waals surface area contributed by atoms with Crippen LogP contribution in [0, 0.1) is 0 Å². The van der Waals surface area contributed by atoms with Gasteiger partial charge in [-0.3, -0.25) is 4.79 Å². The van der Waals surface area contributed by atoms with Crippen molar-refractivity contribution in [2.24, 2.45) is 0 Å². The van der Waals surface area contributed by atoms with Crippen molar-refractivity contribution in [1.82, 2.24) is 5.32 Å². The Balaban J connectivity index is 2.21. The molecule has 3 unspecified atom stereocenters. The van der Waals surface area contributed by atoms with Crippen molar-refractivity contribution in [3.05, 3.63) is 0 Å². The van der Waals surface area contributed by atoms with Gasteiger partial charge in [0.1, 0.15) is 48.8 Å². The third-order valence-electron chi connectivity index (χ3n) is 4.38. The molecule has 0 saturated carbocycles. The van der Waals surface area contributed by atoms with Crippen molar-refractivity contribution < 1.29 is 54.8 Å². The van der Waals surface area contributed by atoms with Crippen LogP contribution in [0.5, 0.6) is 0 Å². The second kappa shape index (κ2) is 8.84. The van der Waals surface area contributed by atoms with E-state index < -0.39 is 80.5 Å². The number of nitrogens with one attached hydrogen (secondary N) is 1. The Morgan fingerprint density at radius 2 is 1.50 bits per heavy atom. The second-order valence-corrected chi connectivity index (χ2v) is 6.26. The number of ether oxygens (including phenoxy) is 3. The SMILES string of the molecule is CC(=O)N[C@H]1C(O[C@@H]2OC(CO)[C@H](O)[C@H](O)[C@H]2O)[C@@H](O)C(CO)O[C@H]1O. The number of hydrogen-bond acceptors (Lipinski definition) is 11. The number of aliphatic hydroxyl groups is 7. The Bertz CT molecular complexity index is 478. The lowest BCUT2D eigenvalue weighted by atomic mass is 9.95. The van der Waals surface area contributed by atoms with Crippen LogP contribution in [0.3, 0.4) is 0 Å². The molecular weight excluding hydrogens is 358 g/mol. The molecule has 0 aromatic carbocycles. The van der Waals surface area contributed by atoms with E-state index >= 15 is 0 Å². The molecular formula is C14H25NO11. The summed E-state index contributed by atoms with van der Waals surface area (Å²) in [5.41, 5.74) is 0. The molecule has 0 aromatic rings. The minimum absolute atomic E-state index is 0.574. The van der Waals surface area contributed by atoms with E-state index in [1.54, 1.807) is 0 Å². The molecule has 2 fully saturated rings. The van der Waals surface area contributed by atoms with Crippen molar-refractivity contribution in [2.45, 2.75) is 68.3 Å². The first-order valence-electron chi connectivity index (χ1n) is 8.06. The summed E-state index contributed by atoms with van der Waals surface area (Å²) in [6.07, 6.45) is -13.7. The fourth-order valence-electron chi connectivity index (χ4n) is 2.97. The molecule has 2 aliphatic heterocycles. The summed E-state index contributed by atoms with van der Waals surface area (Å²) in [4.78, 5) is 11.4. The van der Waals surface area contributed by atoms with Gasteiger partial charge in [0.15, 0.2) is 12.6 Å². The lowest BCUT2D eigenvalue weighted by Crippen LogP contribution is -2.67. The normalized spacial score (nSPS) is 46.8. The molecule has 12 heteroatoms. The highest BCUT2D eigenvalue weighted by Gasteiger charge is 2.50. The van der Waals surface area contributed by atoms with Crippen molar-refractivity contribution in [2.75, 3.05) is 13.2 Å². The number of carbonyl (C=O) groups excluding carboxylic acids is 1. The molecule has 12 nitrogen and oxygen atoms in total. The van der Waals surface area contributed by atoms with Gasteiger partial charge < -0.3 is 55.3 Å². The Morgan fingerprint density at radius 3 is 2.04 bits per heavy atom. The van der Waals surface area contributed by atoms with Gasteiger partial charge in [-0.05, 0) is 0 Å². The molecule has 8 N–H and O–H groups in total. The first-order valence-corrected chi connectivity index (χ1v) is 8.06. The predicted molar refractivity (Wildman–Crippen MR) is 80.2 cm³/mol. The predicted octanol–water partition coefficient (Wildman–Crippen LogP) is -5.25. The van der Waals surface area contributed by atoms with Crippen LogP contribution in [0.1, 0.15) is 6.92 Å². The average Bonchev–Trinajstić information content (AvgIpc) is 2.60. The fraction of sp³-hybridized carbons (Fsp3) is 0.929. The molecule has 2 heterocycles. The van der Waals surface area contributed by atoms with Crippen LogP contribution in [0.2, 0.25) is 0 Å². The average molecular weight is 383 g/mol. The topological polar surface area (TPSA) is 198 Å². The largest absolute Gasteiger partial charge is 0.394 e. The number of aliphatic hydroxyl groups excluding tert-OH is 7. The van der Waals surface area contributed by atoms with Crippen molar-refractivity contribution >= 4 is 5.91 Å². The maximum Gasteiger partial charge on any atom is 0.217 e. The summed E-state index contributed by atoms with van der Waals surface area (Å²) in [6.45, 7) is -0.195. The van der Waals surface area contributed by atoms with E-state index in [1.807, 2.05) is 0 Å². The Kier molecular flexibility index (Phi) is 7.27. The highest BCUT2D eigenvalue weighted by atomic mass is 16.7. The minimum atomic E-state index is -1.74. The van der Waals surface area contributed by atoms with Crippen LogP contribution < -0.4 is 5.32 Å². The smallest absolute Gasteiger partial charge is 0.217 e. The molecule has 0 aliphatic carbocycles. The number of rotatable bonds is 5. The van der Waals surface area contributed by atoms with E-state index in [2.05, 4.69) is 5.32 Å². The summed E-state index contributed by atoms with van der Waals surface area (Å²) in [5.74, 6) is -0.574. The molecule has 0 radical (unpaired) electrons. The molecule has 2 rings (SSSR count). The van der Waals surface area contributed by atoms with Gasteiger partial charge in [-0.1, -0.05) is 0 Å². The zero-order valence-electron chi connectivity index (χ0n) is 14.0. The number of carbonyl (C=O) groups is 1. The molecule has 0 bridgehead atoms. The Hall–Kier alpha value is -0.930. The summed E-state index contributed by atoms with van der Waals surface area (Å²) in [7, 11) is 0. The first-order chi connectivity index (χ1) is 12.2. The van der Waals surface area contributed by atoms with Gasteiger partial charge in [-0.25, -0.2) is 0 Å².